The first-order valence-corrected chi connectivity index (χ1v) is 9.05. The van der Waals surface area contributed by atoms with Crippen molar-refractivity contribution < 1.29 is 9.21 Å². The van der Waals surface area contributed by atoms with Crippen molar-refractivity contribution in [3.8, 4) is 0 Å². The molecule has 0 radical (unpaired) electrons. The quantitative estimate of drug-likeness (QED) is 0.687. The summed E-state index contributed by atoms with van der Waals surface area (Å²) in [7, 11) is 0. The molecular weight excluding hydrogens is 338 g/mol. The molecule has 1 N–H and O–H groups in total. The second kappa shape index (κ2) is 6.56. The SMILES string of the molecule is Cc1c(C(=O)Nc2ccnn2C2CCCCC2)oc2c(Cl)cccc12. The van der Waals surface area contributed by atoms with E-state index in [2.05, 4.69) is 10.4 Å². The summed E-state index contributed by atoms with van der Waals surface area (Å²) in [6, 6.07) is 7.70. The zero-order valence-electron chi connectivity index (χ0n) is 14.1. The molecule has 2 heterocycles. The van der Waals surface area contributed by atoms with Gasteiger partial charge in [-0.25, -0.2) is 4.68 Å². The van der Waals surface area contributed by atoms with Crippen molar-refractivity contribution >= 4 is 34.3 Å². The zero-order chi connectivity index (χ0) is 17.4. The number of hydrogen-bond donors (Lipinski definition) is 1. The van der Waals surface area contributed by atoms with E-state index in [4.69, 9.17) is 16.0 Å². The third-order valence-electron chi connectivity index (χ3n) is 4.95. The van der Waals surface area contributed by atoms with Crippen LogP contribution in [0.25, 0.3) is 11.0 Å². The van der Waals surface area contributed by atoms with E-state index >= 15 is 0 Å². The zero-order valence-corrected chi connectivity index (χ0v) is 14.8. The van der Waals surface area contributed by atoms with Crippen LogP contribution >= 0.6 is 11.6 Å². The minimum Gasteiger partial charge on any atom is -0.449 e. The summed E-state index contributed by atoms with van der Waals surface area (Å²) in [5.41, 5.74) is 1.34. The topological polar surface area (TPSA) is 60.1 Å². The fourth-order valence-electron chi connectivity index (χ4n) is 3.63. The molecule has 1 fully saturated rings. The van der Waals surface area contributed by atoms with E-state index in [1.54, 1.807) is 12.3 Å². The molecule has 0 saturated heterocycles. The smallest absolute Gasteiger partial charge is 0.292 e. The fraction of sp³-hybridized carbons (Fsp3) is 0.368. The first kappa shape index (κ1) is 16.2. The van der Waals surface area contributed by atoms with E-state index in [9.17, 15) is 4.79 Å². The summed E-state index contributed by atoms with van der Waals surface area (Å²) in [5, 5.41) is 8.73. The van der Waals surface area contributed by atoms with Gasteiger partial charge in [0.1, 0.15) is 5.82 Å². The van der Waals surface area contributed by atoms with Crippen LogP contribution in [0.4, 0.5) is 5.82 Å². The Balaban J connectivity index is 1.62. The third kappa shape index (κ3) is 2.93. The van der Waals surface area contributed by atoms with Gasteiger partial charge in [-0.05, 0) is 25.8 Å². The molecule has 1 saturated carbocycles. The van der Waals surface area contributed by atoms with E-state index in [-0.39, 0.29) is 5.91 Å². The highest BCUT2D eigenvalue weighted by molar-refractivity contribution is 6.35. The normalized spacial score (nSPS) is 15.6. The Morgan fingerprint density at radius 1 is 1.28 bits per heavy atom. The highest BCUT2D eigenvalue weighted by Crippen LogP contribution is 2.32. The Labute approximate surface area is 151 Å². The van der Waals surface area contributed by atoms with Crippen molar-refractivity contribution in [2.24, 2.45) is 0 Å². The van der Waals surface area contributed by atoms with Crippen LogP contribution in [0.3, 0.4) is 0 Å². The average Bonchev–Trinajstić information content (AvgIpc) is 3.21. The molecule has 4 rings (SSSR count). The molecular formula is C19H20ClN3O2. The minimum absolute atomic E-state index is 0.276. The Bertz CT molecular complexity index is 922. The van der Waals surface area contributed by atoms with E-state index in [1.807, 2.05) is 29.8 Å². The van der Waals surface area contributed by atoms with Gasteiger partial charge in [-0.15, -0.1) is 0 Å². The summed E-state index contributed by atoms with van der Waals surface area (Å²) >= 11 is 6.18. The Morgan fingerprint density at radius 3 is 2.84 bits per heavy atom. The second-order valence-corrected chi connectivity index (χ2v) is 6.99. The third-order valence-corrected chi connectivity index (χ3v) is 5.25. The van der Waals surface area contributed by atoms with Crippen LogP contribution in [-0.4, -0.2) is 15.7 Å². The summed E-state index contributed by atoms with van der Waals surface area (Å²) in [6.45, 7) is 1.87. The molecule has 1 aliphatic rings. The lowest BCUT2D eigenvalue weighted by atomic mass is 9.96. The maximum Gasteiger partial charge on any atom is 0.292 e. The van der Waals surface area contributed by atoms with Crippen LogP contribution in [-0.2, 0) is 0 Å². The van der Waals surface area contributed by atoms with Gasteiger partial charge in [-0.2, -0.15) is 5.10 Å². The molecule has 0 unspecified atom stereocenters. The van der Waals surface area contributed by atoms with Gasteiger partial charge in [0.25, 0.3) is 5.91 Å². The number of fused-ring (bicyclic) bond motifs is 1. The molecule has 0 bridgehead atoms. The lowest BCUT2D eigenvalue weighted by Gasteiger charge is -2.23. The number of nitrogens with zero attached hydrogens (tertiary/aromatic N) is 2. The predicted molar refractivity (Wildman–Crippen MR) is 98.3 cm³/mol. The number of aryl methyl sites for hydroxylation is 1. The predicted octanol–water partition coefficient (Wildman–Crippen LogP) is 5.35. The number of furan rings is 1. The number of amides is 1. The van der Waals surface area contributed by atoms with Gasteiger partial charge < -0.3 is 9.73 Å². The summed E-state index contributed by atoms with van der Waals surface area (Å²) in [6.07, 6.45) is 7.62. The minimum atomic E-state index is -0.276. The first-order chi connectivity index (χ1) is 12.1. The highest BCUT2D eigenvalue weighted by atomic mass is 35.5. The van der Waals surface area contributed by atoms with Crippen LogP contribution < -0.4 is 5.32 Å². The number of rotatable bonds is 3. The van der Waals surface area contributed by atoms with Gasteiger partial charge in [0.15, 0.2) is 11.3 Å². The average molecular weight is 358 g/mol. The second-order valence-electron chi connectivity index (χ2n) is 6.58. The molecule has 0 aliphatic heterocycles. The van der Waals surface area contributed by atoms with Crippen LogP contribution in [0.15, 0.2) is 34.9 Å². The fourth-order valence-corrected chi connectivity index (χ4v) is 3.84. The maximum absolute atomic E-state index is 12.8. The molecule has 130 valence electrons. The van der Waals surface area contributed by atoms with Gasteiger partial charge >= 0.3 is 0 Å². The number of halogens is 1. The Hall–Kier alpha value is -2.27. The van der Waals surface area contributed by atoms with E-state index in [1.165, 1.54) is 19.3 Å². The van der Waals surface area contributed by atoms with Crippen LogP contribution in [0.2, 0.25) is 5.02 Å². The number of carbonyl (C=O) groups is 1. The monoisotopic (exact) mass is 357 g/mol. The molecule has 1 amide bonds. The summed E-state index contributed by atoms with van der Waals surface area (Å²) in [5.74, 6) is 0.727. The number of nitrogens with one attached hydrogen (secondary N) is 1. The van der Waals surface area contributed by atoms with Gasteiger partial charge in [0.05, 0.1) is 17.3 Å². The molecule has 25 heavy (non-hydrogen) atoms. The molecule has 3 aromatic rings. The van der Waals surface area contributed by atoms with Gasteiger partial charge in [-0.1, -0.05) is 43.0 Å². The molecule has 6 heteroatoms. The van der Waals surface area contributed by atoms with Gasteiger partial charge in [0, 0.05) is 17.0 Å². The standard InChI is InChI=1S/C19H20ClN3O2/c1-12-14-8-5-9-15(20)18(14)25-17(12)19(24)22-16-10-11-21-23(16)13-6-3-2-4-7-13/h5,8-11,13H,2-4,6-7H2,1H3,(H,22,24). The first-order valence-electron chi connectivity index (χ1n) is 8.67. The number of benzene rings is 1. The maximum atomic E-state index is 12.8. The largest absolute Gasteiger partial charge is 0.449 e. The van der Waals surface area contributed by atoms with Crippen molar-refractivity contribution in [3.05, 3.63) is 46.8 Å². The van der Waals surface area contributed by atoms with Crippen molar-refractivity contribution in [1.82, 2.24) is 9.78 Å². The van der Waals surface area contributed by atoms with Crippen molar-refractivity contribution in [1.29, 1.82) is 0 Å². The van der Waals surface area contributed by atoms with Crippen LogP contribution in [0.5, 0.6) is 0 Å². The van der Waals surface area contributed by atoms with E-state index < -0.39 is 0 Å². The Kier molecular flexibility index (Phi) is 4.25. The van der Waals surface area contributed by atoms with E-state index in [0.29, 0.717) is 28.2 Å². The highest BCUT2D eigenvalue weighted by Gasteiger charge is 2.22. The lowest BCUT2D eigenvalue weighted by Crippen LogP contribution is -2.20. The number of carbonyl (C=O) groups excluding carboxylic acids is 1. The molecule has 2 aromatic heterocycles. The number of anilines is 1. The van der Waals surface area contributed by atoms with E-state index in [0.717, 1.165) is 23.8 Å². The molecule has 1 aliphatic carbocycles. The van der Waals surface area contributed by atoms with Gasteiger partial charge in [0.2, 0.25) is 0 Å². The lowest BCUT2D eigenvalue weighted by molar-refractivity contribution is 0.0996. The number of aromatic nitrogens is 2. The van der Waals surface area contributed by atoms with Crippen molar-refractivity contribution in [2.45, 2.75) is 45.1 Å². The van der Waals surface area contributed by atoms with Crippen molar-refractivity contribution in [2.75, 3.05) is 5.32 Å². The van der Waals surface area contributed by atoms with Crippen molar-refractivity contribution in [3.63, 3.8) is 0 Å². The Morgan fingerprint density at radius 2 is 2.08 bits per heavy atom. The van der Waals surface area contributed by atoms with Gasteiger partial charge in [-0.3, -0.25) is 4.79 Å². The molecule has 0 spiro atoms. The molecule has 0 atom stereocenters. The summed E-state index contributed by atoms with van der Waals surface area (Å²) < 4.78 is 7.68. The number of hydrogen-bond acceptors (Lipinski definition) is 3. The van der Waals surface area contributed by atoms with Crippen LogP contribution in [0.1, 0.15) is 54.3 Å². The summed E-state index contributed by atoms with van der Waals surface area (Å²) in [4.78, 5) is 12.8. The molecule has 1 aromatic carbocycles. The number of para-hydroxylation sites is 1. The van der Waals surface area contributed by atoms with Crippen LogP contribution in [0, 0.1) is 6.92 Å². The molecule has 5 nitrogen and oxygen atoms in total.